The Balaban J connectivity index is 3.43. The van der Waals surface area contributed by atoms with E-state index in [0.717, 1.165) is 0 Å². The molecular weight excluding hydrogens is 228 g/mol. The number of rotatable bonds is 1. The summed E-state index contributed by atoms with van der Waals surface area (Å²) >= 11 is 2.93. The minimum atomic E-state index is -1.30. The Labute approximate surface area is 76.2 Å². The van der Waals surface area contributed by atoms with Crippen molar-refractivity contribution >= 4 is 21.9 Å². The van der Waals surface area contributed by atoms with Crippen LogP contribution in [0, 0.1) is 0 Å². The van der Waals surface area contributed by atoms with E-state index in [9.17, 15) is 4.79 Å². The van der Waals surface area contributed by atoms with Crippen molar-refractivity contribution in [1.82, 2.24) is 0 Å². The van der Waals surface area contributed by atoms with E-state index >= 15 is 0 Å². The van der Waals surface area contributed by atoms with Crippen molar-refractivity contribution in [3.8, 4) is 11.5 Å². The van der Waals surface area contributed by atoms with Crippen LogP contribution < -0.4 is 0 Å². The quantitative estimate of drug-likeness (QED) is 0.643. The van der Waals surface area contributed by atoms with Gasteiger partial charge in [0, 0.05) is 4.47 Å². The predicted molar refractivity (Wildman–Crippen MR) is 44.4 cm³/mol. The van der Waals surface area contributed by atoms with Gasteiger partial charge in [0.15, 0.2) is 11.5 Å². The summed E-state index contributed by atoms with van der Waals surface area (Å²) < 4.78 is 0.227. The number of benzene rings is 1. The molecule has 0 unspecified atom stereocenters. The van der Waals surface area contributed by atoms with Gasteiger partial charge in [-0.15, -0.1) is 0 Å². The van der Waals surface area contributed by atoms with E-state index in [1.165, 1.54) is 12.1 Å². The van der Waals surface area contributed by atoms with E-state index in [0.29, 0.717) is 0 Å². The van der Waals surface area contributed by atoms with Gasteiger partial charge in [-0.3, -0.25) is 0 Å². The first-order valence-electron chi connectivity index (χ1n) is 2.97. The van der Waals surface area contributed by atoms with E-state index in [1.807, 2.05) is 0 Å². The minimum Gasteiger partial charge on any atom is -0.504 e. The lowest BCUT2D eigenvalue weighted by Crippen LogP contribution is -1.97. The molecule has 0 spiro atoms. The van der Waals surface area contributed by atoms with Crippen molar-refractivity contribution in [3.05, 3.63) is 22.2 Å². The smallest absolute Gasteiger partial charge is 0.340 e. The Kier molecular flexibility index (Phi) is 2.23. The molecule has 12 heavy (non-hydrogen) atoms. The zero-order valence-corrected chi connectivity index (χ0v) is 7.37. The Morgan fingerprint density at radius 2 is 1.92 bits per heavy atom. The van der Waals surface area contributed by atoms with E-state index in [2.05, 4.69) is 15.9 Å². The highest BCUT2D eigenvalue weighted by molar-refractivity contribution is 9.10. The molecular formula is C7H5BrO4. The molecule has 0 aliphatic carbocycles. The number of carbonyl (C=O) groups is 1. The highest BCUT2D eigenvalue weighted by atomic mass is 79.9. The average molecular weight is 233 g/mol. The summed E-state index contributed by atoms with van der Waals surface area (Å²) in [4.78, 5) is 10.5. The molecule has 0 aliphatic rings. The van der Waals surface area contributed by atoms with Crippen LogP contribution in [0.15, 0.2) is 16.6 Å². The zero-order valence-electron chi connectivity index (χ0n) is 5.78. The van der Waals surface area contributed by atoms with Crippen molar-refractivity contribution in [1.29, 1.82) is 0 Å². The fourth-order valence-corrected chi connectivity index (χ4v) is 1.25. The molecule has 1 aromatic carbocycles. The average Bonchev–Trinajstić information content (AvgIpc) is 1.97. The summed E-state index contributed by atoms with van der Waals surface area (Å²) in [5, 5.41) is 26.6. The monoisotopic (exact) mass is 232 g/mol. The van der Waals surface area contributed by atoms with Crippen LogP contribution in [0.3, 0.4) is 0 Å². The van der Waals surface area contributed by atoms with Crippen LogP contribution in [0.2, 0.25) is 0 Å². The number of aromatic hydroxyl groups is 2. The Hall–Kier alpha value is -1.23. The number of hydrogen-bond donors (Lipinski definition) is 3. The molecule has 0 saturated heterocycles. The lowest BCUT2D eigenvalue weighted by molar-refractivity contribution is 0.0692. The van der Waals surface area contributed by atoms with Crippen LogP contribution in [0.1, 0.15) is 10.4 Å². The third-order valence-electron chi connectivity index (χ3n) is 1.32. The van der Waals surface area contributed by atoms with Crippen molar-refractivity contribution in [3.63, 3.8) is 0 Å². The second kappa shape index (κ2) is 3.02. The minimum absolute atomic E-state index is 0.227. The molecule has 0 bridgehead atoms. The van der Waals surface area contributed by atoms with Crippen molar-refractivity contribution in [2.75, 3.05) is 0 Å². The highest BCUT2D eigenvalue weighted by Crippen LogP contribution is 2.33. The number of hydrogen-bond acceptors (Lipinski definition) is 3. The van der Waals surface area contributed by atoms with Gasteiger partial charge in [0.2, 0.25) is 0 Å². The SMILES string of the molecule is O=C(O)c1c(Br)ccc(O)c1O. The van der Waals surface area contributed by atoms with Gasteiger partial charge in [-0.1, -0.05) is 0 Å². The van der Waals surface area contributed by atoms with Gasteiger partial charge in [-0.25, -0.2) is 4.79 Å². The van der Waals surface area contributed by atoms with Crippen LogP contribution in [0.5, 0.6) is 11.5 Å². The molecule has 0 radical (unpaired) electrons. The standard InChI is InChI=1S/C7H5BrO4/c8-3-1-2-4(9)6(10)5(3)7(11)12/h1-2,9-10H,(H,11,12). The summed E-state index contributed by atoms with van der Waals surface area (Å²) in [6.45, 7) is 0. The van der Waals surface area contributed by atoms with Gasteiger partial charge in [0.1, 0.15) is 5.56 Å². The molecule has 0 fully saturated rings. The van der Waals surface area contributed by atoms with Gasteiger partial charge in [0.25, 0.3) is 0 Å². The molecule has 0 aliphatic heterocycles. The van der Waals surface area contributed by atoms with Crippen molar-refractivity contribution < 1.29 is 20.1 Å². The number of phenolic OH excluding ortho intramolecular Hbond substituents is 1. The van der Waals surface area contributed by atoms with Crippen LogP contribution in [-0.4, -0.2) is 21.3 Å². The summed E-state index contributed by atoms with van der Waals surface area (Å²) in [5.74, 6) is -2.37. The molecule has 1 aromatic rings. The van der Waals surface area contributed by atoms with Crippen LogP contribution in [0.4, 0.5) is 0 Å². The molecule has 4 nitrogen and oxygen atoms in total. The van der Waals surface area contributed by atoms with Gasteiger partial charge >= 0.3 is 5.97 Å². The van der Waals surface area contributed by atoms with Gasteiger partial charge < -0.3 is 15.3 Å². The number of carboxylic acid groups (broad SMARTS) is 1. The van der Waals surface area contributed by atoms with Crippen LogP contribution >= 0.6 is 15.9 Å². The highest BCUT2D eigenvalue weighted by Gasteiger charge is 2.16. The lowest BCUT2D eigenvalue weighted by Gasteiger charge is -2.03. The number of carboxylic acids is 1. The number of aromatic carboxylic acids is 1. The van der Waals surface area contributed by atoms with E-state index < -0.39 is 17.5 Å². The third-order valence-corrected chi connectivity index (χ3v) is 1.98. The molecule has 0 atom stereocenters. The molecule has 3 N–H and O–H groups in total. The second-order valence-corrected chi connectivity index (χ2v) is 2.95. The number of halogens is 1. The largest absolute Gasteiger partial charge is 0.504 e. The van der Waals surface area contributed by atoms with Gasteiger partial charge in [-0.2, -0.15) is 0 Å². The Bertz CT molecular complexity index is 334. The molecule has 0 amide bonds. The van der Waals surface area contributed by atoms with E-state index in [4.69, 9.17) is 15.3 Å². The normalized spacial score (nSPS) is 9.75. The predicted octanol–water partition coefficient (Wildman–Crippen LogP) is 1.56. The van der Waals surface area contributed by atoms with E-state index in [-0.39, 0.29) is 10.0 Å². The van der Waals surface area contributed by atoms with Crippen LogP contribution in [-0.2, 0) is 0 Å². The number of phenols is 2. The maximum atomic E-state index is 10.5. The van der Waals surface area contributed by atoms with Gasteiger partial charge in [0.05, 0.1) is 0 Å². The van der Waals surface area contributed by atoms with Crippen LogP contribution in [0.25, 0.3) is 0 Å². The molecule has 5 heteroatoms. The Morgan fingerprint density at radius 1 is 1.33 bits per heavy atom. The fourth-order valence-electron chi connectivity index (χ4n) is 0.759. The fraction of sp³-hybridized carbons (Fsp3) is 0. The maximum absolute atomic E-state index is 10.5. The Morgan fingerprint density at radius 3 is 2.33 bits per heavy atom. The zero-order chi connectivity index (χ0) is 9.30. The third kappa shape index (κ3) is 1.35. The van der Waals surface area contributed by atoms with Crippen molar-refractivity contribution in [2.45, 2.75) is 0 Å². The molecule has 64 valence electrons. The van der Waals surface area contributed by atoms with Crippen molar-refractivity contribution in [2.24, 2.45) is 0 Å². The first kappa shape index (κ1) is 8.86. The summed E-state index contributed by atoms with van der Waals surface area (Å²) in [6.07, 6.45) is 0. The topological polar surface area (TPSA) is 77.8 Å². The second-order valence-electron chi connectivity index (χ2n) is 2.10. The van der Waals surface area contributed by atoms with E-state index in [1.54, 1.807) is 0 Å². The lowest BCUT2D eigenvalue weighted by atomic mass is 10.2. The molecule has 1 rings (SSSR count). The molecule has 0 heterocycles. The summed E-state index contributed by atoms with van der Waals surface area (Å²) in [7, 11) is 0. The summed E-state index contributed by atoms with van der Waals surface area (Å²) in [6, 6.07) is 2.55. The first-order chi connectivity index (χ1) is 5.54. The van der Waals surface area contributed by atoms with Gasteiger partial charge in [-0.05, 0) is 28.1 Å². The maximum Gasteiger partial charge on any atom is 0.340 e. The summed E-state index contributed by atoms with van der Waals surface area (Å²) in [5.41, 5.74) is -0.338. The first-order valence-corrected chi connectivity index (χ1v) is 3.77. The molecule has 0 aromatic heterocycles. The molecule has 0 saturated carbocycles.